The molecule has 2 aromatic carbocycles. The summed E-state index contributed by atoms with van der Waals surface area (Å²) in [7, 11) is 1.32. The molecule has 2 aromatic heterocycles. The fourth-order valence-corrected chi connectivity index (χ4v) is 4.60. The van der Waals surface area contributed by atoms with Crippen molar-refractivity contribution in [1.82, 2.24) is 4.98 Å². The second-order valence-corrected chi connectivity index (χ2v) is 8.64. The van der Waals surface area contributed by atoms with Gasteiger partial charge in [0.05, 0.1) is 18.5 Å². The molecular formula is C27H23N3O5. The van der Waals surface area contributed by atoms with E-state index in [1.807, 2.05) is 18.2 Å². The summed E-state index contributed by atoms with van der Waals surface area (Å²) in [5.41, 5.74) is 3.19. The quantitative estimate of drug-likeness (QED) is 0.379. The van der Waals surface area contributed by atoms with Crippen LogP contribution >= 0.6 is 0 Å². The van der Waals surface area contributed by atoms with Gasteiger partial charge in [0, 0.05) is 36.9 Å². The van der Waals surface area contributed by atoms with E-state index < -0.39 is 5.97 Å². The molecule has 1 aliphatic carbocycles. The maximum Gasteiger partial charge on any atom is 0.341 e. The molecule has 0 saturated heterocycles. The van der Waals surface area contributed by atoms with Gasteiger partial charge in [-0.05, 0) is 49.2 Å². The Labute approximate surface area is 201 Å². The predicted octanol–water partition coefficient (Wildman–Crippen LogP) is 5.04. The lowest BCUT2D eigenvalue weighted by molar-refractivity contribution is 0.0601. The third-order valence-corrected chi connectivity index (χ3v) is 6.47. The van der Waals surface area contributed by atoms with Crippen molar-refractivity contribution in [2.24, 2.45) is 0 Å². The standard InChI is InChI=1S/C27H23N3O5/c1-33-27(32)21-16-34-24-9-8-18(14-19(21)24)35-25-10-11-28-15-20(25)26(31)30-13-12-29(17-6-7-17)22-4-2-3-5-23(22)30/h2-5,8-11,14-17H,6-7,12-13H2,1H3. The first-order valence-corrected chi connectivity index (χ1v) is 11.5. The van der Waals surface area contributed by atoms with Crippen LogP contribution < -0.4 is 14.5 Å². The van der Waals surface area contributed by atoms with Crippen LogP contribution in [-0.4, -0.2) is 43.1 Å². The van der Waals surface area contributed by atoms with E-state index in [0.717, 1.165) is 17.9 Å². The number of benzene rings is 2. The number of furan rings is 1. The summed E-state index contributed by atoms with van der Waals surface area (Å²) in [5.74, 6) is 0.179. The molecule has 1 aliphatic heterocycles. The Morgan fingerprint density at radius 3 is 2.66 bits per heavy atom. The van der Waals surface area contributed by atoms with Crippen molar-refractivity contribution in [2.45, 2.75) is 18.9 Å². The van der Waals surface area contributed by atoms with E-state index in [1.54, 1.807) is 35.4 Å². The van der Waals surface area contributed by atoms with E-state index in [0.29, 0.717) is 46.2 Å². The van der Waals surface area contributed by atoms with E-state index in [2.05, 4.69) is 16.0 Å². The molecule has 8 nitrogen and oxygen atoms in total. The number of fused-ring (bicyclic) bond motifs is 2. The summed E-state index contributed by atoms with van der Waals surface area (Å²) >= 11 is 0. The lowest BCUT2D eigenvalue weighted by Crippen LogP contribution is -2.45. The van der Waals surface area contributed by atoms with Crippen LogP contribution in [-0.2, 0) is 4.74 Å². The van der Waals surface area contributed by atoms with E-state index in [-0.39, 0.29) is 5.91 Å². The average molecular weight is 469 g/mol. The number of rotatable bonds is 5. The van der Waals surface area contributed by atoms with Crippen LogP contribution in [0.15, 0.2) is 71.6 Å². The topological polar surface area (TPSA) is 85.1 Å². The van der Waals surface area contributed by atoms with E-state index in [1.165, 1.54) is 32.4 Å². The molecule has 35 heavy (non-hydrogen) atoms. The zero-order valence-electron chi connectivity index (χ0n) is 19.1. The minimum Gasteiger partial charge on any atom is -0.465 e. The number of nitrogens with zero attached hydrogens (tertiary/aromatic N) is 3. The number of amides is 1. The van der Waals surface area contributed by atoms with Crippen LogP contribution in [0.3, 0.4) is 0 Å². The first kappa shape index (κ1) is 21.2. The first-order valence-electron chi connectivity index (χ1n) is 11.5. The molecule has 8 heteroatoms. The molecule has 6 rings (SSSR count). The Balaban J connectivity index is 1.32. The zero-order chi connectivity index (χ0) is 23.9. The highest BCUT2D eigenvalue weighted by Gasteiger charge is 2.36. The van der Waals surface area contributed by atoms with Crippen LogP contribution in [0.2, 0.25) is 0 Å². The Morgan fingerprint density at radius 1 is 1.03 bits per heavy atom. The second-order valence-electron chi connectivity index (χ2n) is 8.64. The third kappa shape index (κ3) is 3.77. The monoisotopic (exact) mass is 469 g/mol. The van der Waals surface area contributed by atoms with Crippen molar-refractivity contribution in [2.75, 3.05) is 30.0 Å². The molecule has 0 bridgehead atoms. The SMILES string of the molecule is COC(=O)c1coc2ccc(Oc3ccncc3C(=O)N3CCN(C4CC4)c4ccccc43)cc12. The van der Waals surface area contributed by atoms with Gasteiger partial charge in [0.2, 0.25) is 0 Å². The maximum atomic E-state index is 13.7. The summed E-state index contributed by atoms with van der Waals surface area (Å²) < 4.78 is 16.4. The molecule has 1 saturated carbocycles. The van der Waals surface area contributed by atoms with Crippen molar-refractivity contribution in [3.63, 3.8) is 0 Å². The van der Waals surface area contributed by atoms with Crippen molar-refractivity contribution in [1.29, 1.82) is 0 Å². The molecule has 0 radical (unpaired) electrons. The normalized spacial score (nSPS) is 15.1. The molecule has 0 N–H and O–H groups in total. The molecule has 1 amide bonds. The van der Waals surface area contributed by atoms with Crippen molar-refractivity contribution < 1.29 is 23.5 Å². The number of aromatic nitrogens is 1. The van der Waals surface area contributed by atoms with Crippen molar-refractivity contribution in [3.8, 4) is 11.5 Å². The molecule has 176 valence electrons. The van der Waals surface area contributed by atoms with Gasteiger partial charge in [0.15, 0.2) is 0 Å². The highest BCUT2D eigenvalue weighted by molar-refractivity contribution is 6.10. The number of para-hydroxylation sites is 2. The van der Waals surface area contributed by atoms with Crippen LogP contribution in [0.25, 0.3) is 11.0 Å². The molecule has 1 fully saturated rings. The summed E-state index contributed by atoms with van der Waals surface area (Å²) in [5, 5.41) is 0.571. The van der Waals surface area contributed by atoms with Gasteiger partial charge in [0.25, 0.3) is 5.91 Å². The Kier molecular flexibility index (Phi) is 5.13. The van der Waals surface area contributed by atoms with Crippen LogP contribution in [0.5, 0.6) is 11.5 Å². The van der Waals surface area contributed by atoms with E-state index in [9.17, 15) is 9.59 Å². The minimum absolute atomic E-state index is 0.171. The molecule has 0 spiro atoms. The van der Waals surface area contributed by atoms with Crippen molar-refractivity contribution in [3.05, 3.63) is 78.3 Å². The van der Waals surface area contributed by atoms with E-state index >= 15 is 0 Å². The van der Waals surface area contributed by atoms with Crippen LogP contribution in [0.1, 0.15) is 33.6 Å². The zero-order valence-corrected chi connectivity index (χ0v) is 19.1. The number of methoxy groups -OCH3 is 1. The molecular weight excluding hydrogens is 446 g/mol. The lowest BCUT2D eigenvalue weighted by atomic mass is 10.1. The second kappa shape index (κ2) is 8.47. The number of anilines is 2. The summed E-state index contributed by atoms with van der Waals surface area (Å²) in [6.45, 7) is 1.38. The summed E-state index contributed by atoms with van der Waals surface area (Å²) in [4.78, 5) is 34.2. The number of ether oxygens (including phenoxy) is 2. The lowest BCUT2D eigenvalue weighted by Gasteiger charge is -2.38. The number of carbonyl (C=O) groups excluding carboxylic acids is 2. The third-order valence-electron chi connectivity index (χ3n) is 6.47. The highest BCUT2D eigenvalue weighted by Crippen LogP contribution is 2.41. The Morgan fingerprint density at radius 2 is 1.86 bits per heavy atom. The van der Waals surface area contributed by atoms with Crippen LogP contribution in [0.4, 0.5) is 11.4 Å². The Hall–Kier alpha value is -4.33. The number of carbonyl (C=O) groups is 2. The van der Waals surface area contributed by atoms with Gasteiger partial charge < -0.3 is 23.7 Å². The number of hydrogen-bond acceptors (Lipinski definition) is 7. The van der Waals surface area contributed by atoms with Gasteiger partial charge in [-0.3, -0.25) is 9.78 Å². The first-order chi connectivity index (χ1) is 17.1. The summed E-state index contributed by atoms with van der Waals surface area (Å²) in [6, 6.07) is 15.4. The van der Waals surface area contributed by atoms with Crippen LogP contribution in [0, 0.1) is 0 Å². The number of esters is 1. The molecule has 0 atom stereocenters. The highest BCUT2D eigenvalue weighted by atomic mass is 16.5. The van der Waals surface area contributed by atoms with Gasteiger partial charge in [-0.25, -0.2) is 4.79 Å². The smallest absolute Gasteiger partial charge is 0.341 e. The molecule has 4 aromatic rings. The van der Waals surface area contributed by atoms with Gasteiger partial charge in [-0.2, -0.15) is 0 Å². The Bertz CT molecular complexity index is 1440. The number of hydrogen-bond donors (Lipinski definition) is 0. The summed E-state index contributed by atoms with van der Waals surface area (Å²) in [6.07, 6.45) is 6.87. The largest absolute Gasteiger partial charge is 0.465 e. The van der Waals surface area contributed by atoms with Gasteiger partial charge in [-0.1, -0.05) is 12.1 Å². The predicted molar refractivity (Wildman–Crippen MR) is 130 cm³/mol. The van der Waals surface area contributed by atoms with Crippen molar-refractivity contribution >= 4 is 34.2 Å². The fraction of sp³-hybridized carbons (Fsp3) is 0.222. The van der Waals surface area contributed by atoms with E-state index in [4.69, 9.17) is 13.9 Å². The van der Waals surface area contributed by atoms with Gasteiger partial charge >= 0.3 is 5.97 Å². The molecule has 0 unspecified atom stereocenters. The number of pyridine rings is 1. The van der Waals surface area contributed by atoms with Gasteiger partial charge in [0.1, 0.15) is 34.5 Å². The molecule has 3 heterocycles. The average Bonchev–Trinajstić information content (AvgIpc) is 3.66. The van der Waals surface area contributed by atoms with Gasteiger partial charge in [-0.15, -0.1) is 0 Å². The fourth-order valence-electron chi connectivity index (χ4n) is 4.60. The maximum absolute atomic E-state index is 13.7. The molecule has 2 aliphatic rings. The minimum atomic E-state index is -0.496.